The molecule has 0 saturated carbocycles. The van der Waals surface area contributed by atoms with Gasteiger partial charge in [-0.1, -0.05) is 69.9 Å². The van der Waals surface area contributed by atoms with Crippen LogP contribution in [0.25, 0.3) is 11.0 Å². The van der Waals surface area contributed by atoms with Gasteiger partial charge in [0.05, 0.1) is 17.1 Å². The van der Waals surface area contributed by atoms with Gasteiger partial charge in [0.15, 0.2) is 0 Å². The Bertz CT molecular complexity index is 885. The van der Waals surface area contributed by atoms with Crippen molar-refractivity contribution >= 4 is 16.9 Å². The number of nitrogens with one attached hydrogen (secondary N) is 1. The van der Waals surface area contributed by atoms with Gasteiger partial charge in [-0.3, -0.25) is 4.79 Å². The molecule has 0 aliphatic heterocycles. The first-order chi connectivity index (χ1) is 13.7. The van der Waals surface area contributed by atoms with Crippen LogP contribution in [0, 0.1) is 0 Å². The van der Waals surface area contributed by atoms with E-state index in [-0.39, 0.29) is 11.9 Å². The van der Waals surface area contributed by atoms with Gasteiger partial charge in [-0.2, -0.15) is 0 Å². The first kappa shape index (κ1) is 20.1. The molecular formula is C24H31N3O. The van der Waals surface area contributed by atoms with Crippen molar-refractivity contribution in [3.05, 3.63) is 66.0 Å². The van der Waals surface area contributed by atoms with Gasteiger partial charge in [0.25, 0.3) is 5.91 Å². The second-order valence-corrected chi connectivity index (χ2v) is 7.35. The molecule has 4 nitrogen and oxygen atoms in total. The minimum Gasteiger partial charge on any atom is -0.342 e. The van der Waals surface area contributed by atoms with Gasteiger partial charge in [0, 0.05) is 12.1 Å². The molecule has 4 heteroatoms. The average molecular weight is 378 g/mol. The molecule has 0 saturated heterocycles. The molecule has 0 bridgehead atoms. The fraction of sp³-hybridized carbons (Fsp3) is 0.417. The first-order valence-electron chi connectivity index (χ1n) is 10.6. The minimum absolute atomic E-state index is 0.0383. The van der Waals surface area contributed by atoms with Crippen LogP contribution in [-0.2, 0) is 6.54 Å². The second kappa shape index (κ2) is 10.1. The molecule has 3 aromatic rings. The first-order valence-corrected chi connectivity index (χ1v) is 10.6. The van der Waals surface area contributed by atoms with E-state index in [1.165, 1.54) is 19.3 Å². The molecule has 0 aliphatic carbocycles. The Labute approximate surface area is 168 Å². The van der Waals surface area contributed by atoms with Gasteiger partial charge in [-0.15, -0.1) is 0 Å². The van der Waals surface area contributed by atoms with Gasteiger partial charge >= 0.3 is 0 Å². The van der Waals surface area contributed by atoms with Crippen LogP contribution in [0.1, 0.15) is 74.6 Å². The molecular weight excluding hydrogens is 346 g/mol. The van der Waals surface area contributed by atoms with Gasteiger partial charge in [-0.25, -0.2) is 4.98 Å². The highest BCUT2D eigenvalue weighted by atomic mass is 16.1. The van der Waals surface area contributed by atoms with E-state index in [0.29, 0.717) is 5.56 Å². The maximum absolute atomic E-state index is 12.8. The largest absolute Gasteiger partial charge is 0.342 e. The molecule has 3 rings (SSSR count). The molecule has 1 amide bonds. The standard InChI is InChI=1S/C24H31N3O/c1-3-5-6-12-18-27-22-17-11-10-16-20(22)25-23(27)21(13-4-2)26-24(28)19-14-8-7-9-15-19/h7-11,14-17,21H,3-6,12-13,18H2,1-2H3,(H,26,28). The van der Waals surface area contributed by atoms with Crippen molar-refractivity contribution in [1.82, 2.24) is 14.9 Å². The van der Waals surface area contributed by atoms with Crippen LogP contribution in [0.2, 0.25) is 0 Å². The smallest absolute Gasteiger partial charge is 0.251 e. The number of carbonyl (C=O) groups excluding carboxylic acids is 1. The summed E-state index contributed by atoms with van der Waals surface area (Å²) in [7, 11) is 0. The van der Waals surface area contributed by atoms with Crippen LogP contribution in [0.15, 0.2) is 54.6 Å². The normalized spacial score (nSPS) is 12.2. The van der Waals surface area contributed by atoms with Crippen molar-refractivity contribution in [2.75, 3.05) is 0 Å². The van der Waals surface area contributed by atoms with Crippen LogP contribution in [0.4, 0.5) is 0 Å². The Hall–Kier alpha value is -2.62. The fourth-order valence-electron chi connectivity index (χ4n) is 3.68. The van der Waals surface area contributed by atoms with E-state index >= 15 is 0 Å². The maximum atomic E-state index is 12.8. The Kier molecular flexibility index (Phi) is 7.24. The van der Waals surface area contributed by atoms with E-state index in [1.807, 2.05) is 36.4 Å². The van der Waals surface area contributed by atoms with Crippen LogP contribution in [-0.4, -0.2) is 15.5 Å². The number of para-hydroxylation sites is 2. The Balaban J connectivity index is 1.89. The van der Waals surface area contributed by atoms with Gasteiger partial charge < -0.3 is 9.88 Å². The molecule has 1 atom stereocenters. The van der Waals surface area contributed by atoms with E-state index in [0.717, 1.165) is 42.7 Å². The van der Waals surface area contributed by atoms with Crippen molar-refractivity contribution < 1.29 is 4.79 Å². The predicted octanol–water partition coefficient (Wildman–Crippen LogP) is 5.89. The molecule has 2 aromatic carbocycles. The monoisotopic (exact) mass is 377 g/mol. The third-order valence-corrected chi connectivity index (χ3v) is 5.15. The van der Waals surface area contributed by atoms with Crippen LogP contribution in [0.3, 0.4) is 0 Å². The summed E-state index contributed by atoms with van der Waals surface area (Å²) in [5.74, 6) is 0.937. The second-order valence-electron chi connectivity index (χ2n) is 7.35. The number of amides is 1. The third-order valence-electron chi connectivity index (χ3n) is 5.15. The molecule has 0 radical (unpaired) electrons. The Morgan fingerprint density at radius 3 is 2.46 bits per heavy atom. The molecule has 28 heavy (non-hydrogen) atoms. The number of carbonyl (C=O) groups is 1. The number of benzene rings is 2. The summed E-state index contributed by atoms with van der Waals surface area (Å²) >= 11 is 0. The number of aromatic nitrogens is 2. The molecule has 1 unspecified atom stereocenters. The molecule has 1 heterocycles. The number of unbranched alkanes of at least 4 members (excludes halogenated alkanes) is 3. The lowest BCUT2D eigenvalue weighted by molar-refractivity contribution is 0.0932. The lowest BCUT2D eigenvalue weighted by atomic mass is 10.1. The zero-order valence-corrected chi connectivity index (χ0v) is 17.0. The number of fused-ring (bicyclic) bond motifs is 1. The molecule has 0 spiro atoms. The zero-order chi connectivity index (χ0) is 19.8. The summed E-state index contributed by atoms with van der Waals surface area (Å²) in [5.41, 5.74) is 2.85. The van der Waals surface area contributed by atoms with Crippen molar-refractivity contribution in [2.24, 2.45) is 0 Å². The van der Waals surface area contributed by atoms with Gasteiger partial charge in [0.1, 0.15) is 5.82 Å². The molecule has 148 valence electrons. The van der Waals surface area contributed by atoms with Gasteiger partial charge in [0.2, 0.25) is 0 Å². The highest BCUT2D eigenvalue weighted by Gasteiger charge is 2.22. The number of rotatable bonds is 10. The van der Waals surface area contributed by atoms with Gasteiger partial charge in [-0.05, 0) is 37.1 Å². The highest BCUT2D eigenvalue weighted by molar-refractivity contribution is 5.94. The SMILES string of the molecule is CCCCCCn1c(C(CCC)NC(=O)c2ccccc2)nc2ccccc21. The molecule has 0 aliphatic rings. The summed E-state index contributed by atoms with van der Waals surface area (Å²) in [5, 5.41) is 3.23. The summed E-state index contributed by atoms with van der Waals surface area (Å²) in [6.45, 7) is 5.32. The maximum Gasteiger partial charge on any atom is 0.251 e. The number of hydrogen-bond acceptors (Lipinski definition) is 2. The number of aryl methyl sites for hydroxylation is 1. The molecule has 1 aromatic heterocycles. The third kappa shape index (κ3) is 4.80. The van der Waals surface area contributed by atoms with Crippen LogP contribution in [0.5, 0.6) is 0 Å². The van der Waals surface area contributed by atoms with Crippen molar-refractivity contribution in [3.63, 3.8) is 0 Å². The van der Waals surface area contributed by atoms with E-state index in [9.17, 15) is 4.79 Å². The van der Waals surface area contributed by atoms with Crippen molar-refractivity contribution in [3.8, 4) is 0 Å². The number of hydrogen-bond donors (Lipinski definition) is 1. The van der Waals surface area contributed by atoms with Crippen molar-refractivity contribution in [1.29, 1.82) is 0 Å². The number of imidazole rings is 1. The molecule has 1 N–H and O–H groups in total. The quantitative estimate of drug-likeness (QED) is 0.448. The van der Waals surface area contributed by atoms with Crippen LogP contribution >= 0.6 is 0 Å². The van der Waals surface area contributed by atoms with Crippen LogP contribution < -0.4 is 5.32 Å². The van der Waals surface area contributed by atoms with E-state index < -0.39 is 0 Å². The lowest BCUT2D eigenvalue weighted by Gasteiger charge is -2.20. The number of nitrogens with zero attached hydrogens (tertiary/aromatic N) is 2. The summed E-state index contributed by atoms with van der Waals surface area (Å²) in [6, 6.07) is 17.6. The molecule has 0 fully saturated rings. The Morgan fingerprint density at radius 2 is 1.71 bits per heavy atom. The average Bonchev–Trinajstić information content (AvgIpc) is 3.10. The predicted molar refractivity (Wildman–Crippen MR) is 115 cm³/mol. The highest BCUT2D eigenvalue weighted by Crippen LogP contribution is 2.25. The Morgan fingerprint density at radius 1 is 0.964 bits per heavy atom. The summed E-state index contributed by atoms with van der Waals surface area (Å²) < 4.78 is 2.32. The van der Waals surface area contributed by atoms with Crippen molar-refractivity contribution in [2.45, 2.75) is 65.0 Å². The summed E-state index contributed by atoms with van der Waals surface area (Å²) in [4.78, 5) is 17.7. The minimum atomic E-state index is -0.0868. The van der Waals surface area contributed by atoms with E-state index in [1.54, 1.807) is 0 Å². The lowest BCUT2D eigenvalue weighted by Crippen LogP contribution is -2.30. The summed E-state index contributed by atoms with van der Waals surface area (Å²) in [6.07, 6.45) is 6.69. The zero-order valence-electron chi connectivity index (χ0n) is 17.0. The fourth-order valence-corrected chi connectivity index (χ4v) is 3.68. The topological polar surface area (TPSA) is 46.9 Å². The van der Waals surface area contributed by atoms with E-state index in [2.05, 4.69) is 41.9 Å². The van der Waals surface area contributed by atoms with E-state index in [4.69, 9.17) is 4.98 Å².